The van der Waals surface area contributed by atoms with Crippen LogP contribution in [0.5, 0.6) is 11.5 Å². The molecule has 0 bridgehead atoms. The van der Waals surface area contributed by atoms with E-state index in [-0.39, 0.29) is 36.7 Å². The molecule has 236 valence electrons. The molecule has 0 unspecified atom stereocenters. The smallest absolute Gasteiger partial charge is 0.497 e. The molecule has 0 aliphatic rings. The normalized spacial score (nSPS) is 13.6. The minimum atomic E-state index is -5.83. The average molecular weight is 639 g/mol. The van der Waals surface area contributed by atoms with Gasteiger partial charge in [0.2, 0.25) is 10.0 Å². The summed E-state index contributed by atoms with van der Waals surface area (Å²) >= 11 is 0. The van der Waals surface area contributed by atoms with Gasteiger partial charge in [0.15, 0.2) is 0 Å². The van der Waals surface area contributed by atoms with Crippen LogP contribution in [-0.4, -0.2) is 64.6 Å². The Bertz CT molecular complexity index is 1390. The number of carbonyl (C=O) groups is 1. The fourth-order valence-electron chi connectivity index (χ4n) is 3.75. The van der Waals surface area contributed by atoms with E-state index in [0.29, 0.717) is 11.3 Å². The predicted octanol–water partition coefficient (Wildman–Crippen LogP) is 5.10. The number of nitrogens with one attached hydrogen (secondary N) is 1. The molecule has 1 N–H and O–H groups in total. The molecule has 10 nitrogen and oxygen atoms in total. The van der Waals surface area contributed by atoms with Crippen LogP contribution in [0.2, 0.25) is 0 Å². The first-order valence-electron chi connectivity index (χ1n) is 13.0. The van der Waals surface area contributed by atoms with Gasteiger partial charge in [-0.1, -0.05) is 26.0 Å². The molecule has 0 fully saturated rings. The number of alkyl carbamates (subject to hydrolysis) is 1. The van der Waals surface area contributed by atoms with Crippen LogP contribution in [0.25, 0.3) is 0 Å². The highest BCUT2D eigenvalue weighted by atomic mass is 32.2. The minimum Gasteiger partial charge on any atom is -0.497 e. The van der Waals surface area contributed by atoms with E-state index < -0.39 is 49.1 Å². The fraction of sp³-hybridized carbons (Fsp3) is 0.519. The van der Waals surface area contributed by atoms with Crippen LogP contribution in [0.3, 0.4) is 0 Å². The molecule has 0 heterocycles. The van der Waals surface area contributed by atoms with E-state index in [0.717, 1.165) is 12.1 Å². The van der Waals surface area contributed by atoms with E-state index >= 15 is 0 Å². The molecule has 0 aromatic heterocycles. The molecular weight excluding hydrogens is 601 g/mol. The van der Waals surface area contributed by atoms with E-state index in [1.54, 1.807) is 32.9 Å². The van der Waals surface area contributed by atoms with Crippen LogP contribution in [0.4, 0.5) is 18.0 Å². The van der Waals surface area contributed by atoms with Gasteiger partial charge in [-0.25, -0.2) is 13.2 Å². The monoisotopic (exact) mass is 638 g/mol. The van der Waals surface area contributed by atoms with Crippen LogP contribution in [0.1, 0.15) is 46.6 Å². The average Bonchev–Trinajstić information content (AvgIpc) is 2.85. The van der Waals surface area contributed by atoms with Crippen LogP contribution >= 0.6 is 0 Å². The lowest BCUT2D eigenvalue weighted by Crippen LogP contribution is -2.43. The zero-order valence-electron chi connectivity index (χ0n) is 24.3. The second kappa shape index (κ2) is 14.0. The third-order valence-corrected chi connectivity index (χ3v) is 8.47. The van der Waals surface area contributed by atoms with Gasteiger partial charge in [0.05, 0.1) is 12.0 Å². The number of halogens is 3. The van der Waals surface area contributed by atoms with Gasteiger partial charge >= 0.3 is 21.7 Å². The molecule has 0 aliphatic carbocycles. The maximum absolute atomic E-state index is 13.5. The summed E-state index contributed by atoms with van der Waals surface area (Å²) in [5.41, 5.74) is -5.87. The van der Waals surface area contributed by atoms with Crippen LogP contribution < -0.4 is 14.2 Å². The second-order valence-corrected chi connectivity index (χ2v) is 14.4. The van der Waals surface area contributed by atoms with Crippen LogP contribution in [0, 0.1) is 5.92 Å². The molecule has 0 radical (unpaired) electrons. The molecule has 2 rings (SSSR count). The van der Waals surface area contributed by atoms with Gasteiger partial charge in [-0.2, -0.15) is 25.9 Å². The Hall–Kier alpha value is -3.04. The number of methoxy groups -OCH3 is 1. The standard InChI is InChI=1S/C27H37F3N2O8S2/c1-19(2)18-32(41(34,35)24-13-11-22(38-6)12-14-24)16-15-21(31-25(33)39-26(3,4)5)17-20-7-9-23(10-8-20)40-42(36,37)27(28,29)30/h7-14,19,21H,15-18H2,1-6H3,(H,31,33)/t21-/m1/s1. The van der Waals surface area contributed by atoms with Crippen molar-refractivity contribution in [1.82, 2.24) is 9.62 Å². The van der Waals surface area contributed by atoms with Gasteiger partial charge in [0.25, 0.3) is 0 Å². The molecule has 1 amide bonds. The summed E-state index contributed by atoms with van der Waals surface area (Å²) in [7, 11) is -8.28. The number of sulfonamides is 1. The predicted molar refractivity (Wildman–Crippen MR) is 150 cm³/mol. The Kier molecular flexibility index (Phi) is 11.7. The lowest BCUT2D eigenvalue weighted by atomic mass is 10.0. The van der Waals surface area contributed by atoms with Crippen molar-refractivity contribution in [2.24, 2.45) is 5.92 Å². The van der Waals surface area contributed by atoms with Gasteiger partial charge in [0, 0.05) is 19.1 Å². The van der Waals surface area contributed by atoms with E-state index in [9.17, 15) is 34.8 Å². The third kappa shape index (κ3) is 10.7. The zero-order valence-corrected chi connectivity index (χ0v) is 25.9. The lowest BCUT2D eigenvalue weighted by molar-refractivity contribution is -0.0500. The highest BCUT2D eigenvalue weighted by Gasteiger charge is 2.48. The summed E-state index contributed by atoms with van der Waals surface area (Å²) in [6.07, 6.45) is -0.455. The number of carbonyl (C=O) groups excluding carboxylic acids is 1. The van der Waals surface area contributed by atoms with Crippen molar-refractivity contribution in [3.8, 4) is 11.5 Å². The van der Waals surface area contributed by atoms with E-state index in [2.05, 4.69) is 9.50 Å². The molecular formula is C27H37F3N2O8S2. The van der Waals surface area contributed by atoms with E-state index in [4.69, 9.17) is 9.47 Å². The Balaban J connectivity index is 2.29. The van der Waals surface area contributed by atoms with Crippen LogP contribution in [-0.2, 0) is 31.3 Å². The van der Waals surface area contributed by atoms with E-state index in [1.165, 1.54) is 35.7 Å². The Labute approximate surface area is 245 Å². The van der Waals surface area contributed by atoms with Crippen molar-refractivity contribution in [2.45, 2.75) is 69.5 Å². The third-order valence-electron chi connectivity index (χ3n) is 5.61. The highest BCUT2D eigenvalue weighted by molar-refractivity contribution is 7.89. The largest absolute Gasteiger partial charge is 0.534 e. The summed E-state index contributed by atoms with van der Waals surface area (Å²) in [4.78, 5) is 12.7. The maximum Gasteiger partial charge on any atom is 0.534 e. The van der Waals surface area contributed by atoms with Gasteiger partial charge < -0.3 is 19.0 Å². The molecule has 2 aromatic carbocycles. The molecule has 0 saturated heterocycles. The Morgan fingerprint density at radius 1 is 0.929 bits per heavy atom. The van der Waals surface area contributed by atoms with Gasteiger partial charge in [0.1, 0.15) is 17.1 Å². The first kappa shape index (κ1) is 35.2. The maximum atomic E-state index is 13.5. The van der Waals surface area contributed by atoms with Crippen molar-refractivity contribution >= 4 is 26.2 Å². The van der Waals surface area contributed by atoms with Crippen molar-refractivity contribution in [1.29, 1.82) is 0 Å². The summed E-state index contributed by atoms with van der Waals surface area (Å²) in [5.74, 6) is -0.0596. The fourth-order valence-corrected chi connectivity index (χ4v) is 5.83. The van der Waals surface area contributed by atoms with Crippen molar-refractivity contribution < 1.29 is 48.5 Å². The molecule has 0 saturated carbocycles. The minimum absolute atomic E-state index is 0.0178. The van der Waals surface area contributed by atoms with Gasteiger partial charge in [-0.3, -0.25) is 0 Å². The first-order valence-corrected chi connectivity index (χ1v) is 15.8. The first-order chi connectivity index (χ1) is 19.2. The molecule has 0 spiro atoms. The number of benzene rings is 2. The van der Waals surface area contributed by atoms with Gasteiger partial charge in [-0.05, 0) is 81.5 Å². The number of amides is 1. The zero-order chi connectivity index (χ0) is 31.9. The number of nitrogens with zero attached hydrogens (tertiary/aromatic N) is 1. The van der Waals surface area contributed by atoms with E-state index in [1.807, 2.05) is 13.8 Å². The number of rotatable bonds is 13. The van der Waals surface area contributed by atoms with Crippen molar-refractivity contribution in [2.75, 3.05) is 20.2 Å². The molecule has 1 atom stereocenters. The van der Waals surface area contributed by atoms with Crippen molar-refractivity contribution in [3.63, 3.8) is 0 Å². The van der Waals surface area contributed by atoms with Gasteiger partial charge in [-0.15, -0.1) is 0 Å². The summed E-state index contributed by atoms with van der Waals surface area (Å²) in [6, 6.07) is 10.1. The Morgan fingerprint density at radius 2 is 1.48 bits per heavy atom. The van der Waals surface area contributed by atoms with Crippen LogP contribution in [0.15, 0.2) is 53.4 Å². The summed E-state index contributed by atoms with van der Waals surface area (Å²) < 4.78 is 103. The summed E-state index contributed by atoms with van der Waals surface area (Å²) in [6.45, 7) is 9.01. The number of hydrogen-bond donors (Lipinski definition) is 1. The highest BCUT2D eigenvalue weighted by Crippen LogP contribution is 2.27. The SMILES string of the molecule is COc1ccc(S(=O)(=O)N(CC[C@H](Cc2ccc(OS(=O)(=O)C(F)(F)F)cc2)NC(=O)OC(C)(C)C)CC(C)C)cc1. The molecule has 0 aliphatic heterocycles. The topological polar surface area (TPSA) is 128 Å². The number of alkyl halides is 3. The number of ether oxygens (including phenoxy) is 2. The molecule has 15 heteroatoms. The lowest BCUT2D eigenvalue weighted by Gasteiger charge is -2.28. The summed E-state index contributed by atoms with van der Waals surface area (Å²) in [5, 5.41) is 2.73. The quantitative estimate of drug-likeness (QED) is 0.237. The Morgan fingerprint density at radius 3 is 1.95 bits per heavy atom. The van der Waals surface area contributed by atoms with Crippen molar-refractivity contribution in [3.05, 3.63) is 54.1 Å². The molecule has 42 heavy (non-hydrogen) atoms. The number of hydrogen-bond acceptors (Lipinski definition) is 8. The molecule has 2 aromatic rings. The second-order valence-electron chi connectivity index (χ2n) is 10.9.